The van der Waals surface area contributed by atoms with Crippen molar-refractivity contribution in [3.63, 3.8) is 0 Å². The van der Waals surface area contributed by atoms with E-state index < -0.39 is 10.2 Å². The molecule has 0 radical (unpaired) electrons. The van der Waals surface area contributed by atoms with Crippen molar-refractivity contribution in [2.24, 2.45) is 0 Å². The van der Waals surface area contributed by atoms with Crippen molar-refractivity contribution in [2.45, 2.75) is 19.5 Å². The second-order valence-electron chi connectivity index (χ2n) is 5.93. The average molecular weight is 349 g/mol. The first-order valence-electron chi connectivity index (χ1n) is 8.02. The van der Waals surface area contributed by atoms with Crippen molar-refractivity contribution >= 4 is 10.2 Å². The highest BCUT2D eigenvalue weighted by Crippen LogP contribution is 2.35. The van der Waals surface area contributed by atoms with Crippen LogP contribution in [-0.4, -0.2) is 48.8 Å². The molecule has 1 aromatic heterocycles. The summed E-state index contributed by atoms with van der Waals surface area (Å²) in [6.07, 6.45) is 2.00. The van der Waals surface area contributed by atoms with E-state index in [1.165, 1.54) is 4.31 Å². The van der Waals surface area contributed by atoms with E-state index in [1.54, 1.807) is 18.4 Å². The summed E-state index contributed by atoms with van der Waals surface area (Å²) >= 11 is 0. The highest BCUT2D eigenvalue weighted by molar-refractivity contribution is 7.86. The molecule has 2 heterocycles. The van der Waals surface area contributed by atoms with E-state index in [-0.39, 0.29) is 6.04 Å². The van der Waals surface area contributed by atoms with Gasteiger partial charge in [-0.25, -0.2) is 0 Å². The third-order valence-electron chi connectivity index (χ3n) is 4.26. The summed E-state index contributed by atoms with van der Waals surface area (Å²) in [6.45, 7) is 3.64. The van der Waals surface area contributed by atoms with E-state index >= 15 is 0 Å². The van der Waals surface area contributed by atoms with Gasteiger partial charge in [-0.2, -0.15) is 17.0 Å². The zero-order valence-corrected chi connectivity index (χ0v) is 15.0. The topological polar surface area (TPSA) is 54.8 Å². The summed E-state index contributed by atoms with van der Waals surface area (Å²) in [5.74, 6) is 0.787. The number of hydrogen-bond acceptors (Lipinski definition) is 3. The maximum atomic E-state index is 12.8. The van der Waals surface area contributed by atoms with Gasteiger partial charge in [-0.1, -0.05) is 12.1 Å². The van der Waals surface area contributed by atoms with Gasteiger partial charge in [0.1, 0.15) is 5.75 Å². The lowest BCUT2D eigenvalue weighted by Crippen LogP contribution is -2.47. The molecule has 1 aromatic carbocycles. The lowest BCUT2D eigenvalue weighted by atomic mass is 10.0. The number of fused-ring (bicyclic) bond motifs is 1. The van der Waals surface area contributed by atoms with E-state index in [0.29, 0.717) is 19.7 Å². The normalized spacial score (nSPS) is 18.6. The van der Waals surface area contributed by atoms with Gasteiger partial charge in [0.2, 0.25) is 0 Å². The molecule has 3 rings (SSSR count). The molecule has 0 unspecified atom stereocenters. The molecule has 0 saturated carbocycles. The van der Waals surface area contributed by atoms with Crippen LogP contribution in [0.15, 0.2) is 42.6 Å². The SMILES string of the molecule is CCOc1ccc([C@@H]2c3cccn3CCN2S(=O)(=O)N(C)C)cc1. The molecule has 0 saturated heterocycles. The summed E-state index contributed by atoms with van der Waals surface area (Å²) in [7, 11) is -0.381. The van der Waals surface area contributed by atoms with Crippen LogP contribution in [0.5, 0.6) is 5.75 Å². The first kappa shape index (κ1) is 17.0. The smallest absolute Gasteiger partial charge is 0.282 e. The van der Waals surface area contributed by atoms with Gasteiger partial charge in [0.25, 0.3) is 10.2 Å². The Balaban J connectivity index is 2.05. The van der Waals surface area contributed by atoms with E-state index in [9.17, 15) is 8.42 Å². The predicted octanol–water partition coefficient (Wildman–Crippen LogP) is 2.10. The first-order chi connectivity index (χ1) is 11.4. The number of aromatic nitrogens is 1. The van der Waals surface area contributed by atoms with Crippen molar-refractivity contribution in [1.29, 1.82) is 0 Å². The Morgan fingerprint density at radius 2 is 1.88 bits per heavy atom. The number of nitrogens with zero attached hydrogens (tertiary/aromatic N) is 3. The van der Waals surface area contributed by atoms with Gasteiger partial charge >= 0.3 is 0 Å². The fourth-order valence-corrected chi connectivity index (χ4v) is 4.30. The zero-order valence-electron chi connectivity index (χ0n) is 14.2. The van der Waals surface area contributed by atoms with E-state index in [2.05, 4.69) is 4.57 Å². The van der Waals surface area contributed by atoms with Gasteiger partial charge < -0.3 is 9.30 Å². The highest BCUT2D eigenvalue weighted by Gasteiger charge is 2.37. The van der Waals surface area contributed by atoms with Crippen LogP contribution in [0.25, 0.3) is 0 Å². The minimum absolute atomic E-state index is 0.336. The third kappa shape index (κ3) is 2.94. The molecule has 130 valence electrons. The Morgan fingerprint density at radius 3 is 2.50 bits per heavy atom. The van der Waals surface area contributed by atoms with Gasteiger partial charge in [-0.15, -0.1) is 0 Å². The molecule has 7 heteroatoms. The molecule has 0 fully saturated rings. The fraction of sp³-hybridized carbons (Fsp3) is 0.412. The minimum atomic E-state index is -3.52. The van der Waals surface area contributed by atoms with Crippen molar-refractivity contribution in [3.05, 3.63) is 53.9 Å². The van der Waals surface area contributed by atoms with Gasteiger partial charge in [0.15, 0.2) is 0 Å². The molecular formula is C17H23N3O3S. The minimum Gasteiger partial charge on any atom is -0.494 e. The van der Waals surface area contributed by atoms with Crippen LogP contribution < -0.4 is 4.74 Å². The lowest BCUT2D eigenvalue weighted by Gasteiger charge is -2.37. The molecule has 0 bridgehead atoms. The zero-order chi connectivity index (χ0) is 17.3. The Bertz CT molecular complexity index is 797. The molecule has 6 nitrogen and oxygen atoms in total. The van der Waals surface area contributed by atoms with Crippen molar-refractivity contribution < 1.29 is 13.2 Å². The largest absolute Gasteiger partial charge is 0.494 e. The van der Waals surface area contributed by atoms with Gasteiger partial charge in [-0.3, -0.25) is 0 Å². The molecule has 24 heavy (non-hydrogen) atoms. The standard InChI is InChI=1S/C17H23N3O3S/c1-4-23-15-9-7-14(8-10-15)17-16-6-5-11-19(16)12-13-20(17)24(21,22)18(2)3/h5-11,17H,4,12-13H2,1-3H3/t17-/m1/s1. The van der Waals surface area contributed by atoms with E-state index in [1.807, 2.05) is 49.5 Å². The number of hydrogen-bond donors (Lipinski definition) is 0. The Kier molecular flexibility index (Phi) is 4.67. The predicted molar refractivity (Wildman–Crippen MR) is 93.2 cm³/mol. The molecule has 0 amide bonds. The maximum absolute atomic E-state index is 12.8. The Labute approximate surface area is 143 Å². The van der Waals surface area contributed by atoms with Crippen molar-refractivity contribution in [1.82, 2.24) is 13.2 Å². The molecule has 0 spiro atoms. The van der Waals surface area contributed by atoms with Crippen molar-refractivity contribution in [2.75, 3.05) is 27.2 Å². The highest BCUT2D eigenvalue weighted by atomic mass is 32.2. The molecule has 0 aliphatic carbocycles. The Morgan fingerprint density at radius 1 is 1.17 bits per heavy atom. The first-order valence-corrected chi connectivity index (χ1v) is 9.42. The molecule has 1 aliphatic heterocycles. The second-order valence-corrected chi connectivity index (χ2v) is 8.03. The van der Waals surface area contributed by atoms with Crippen LogP contribution in [0.2, 0.25) is 0 Å². The molecule has 1 aliphatic rings. The van der Waals surface area contributed by atoms with Crippen LogP contribution in [0.1, 0.15) is 24.2 Å². The summed E-state index contributed by atoms with van der Waals surface area (Å²) in [5.41, 5.74) is 1.92. The summed E-state index contributed by atoms with van der Waals surface area (Å²) < 4.78 is 36.0. The number of ether oxygens (including phenoxy) is 1. The van der Waals surface area contributed by atoms with Crippen LogP contribution >= 0.6 is 0 Å². The van der Waals surface area contributed by atoms with Crippen molar-refractivity contribution in [3.8, 4) is 5.75 Å². The van der Waals surface area contributed by atoms with Crippen LogP contribution in [0.3, 0.4) is 0 Å². The van der Waals surface area contributed by atoms with Crippen LogP contribution in [0.4, 0.5) is 0 Å². The Hall–Kier alpha value is -1.83. The monoisotopic (exact) mass is 349 g/mol. The molecule has 0 N–H and O–H groups in total. The summed E-state index contributed by atoms with van der Waals surface area (Å²) in [4.78, 5) is 0. The summed E-state index contributed by atoms with van der Waals surface area (Å²) in [6, 6.07) is 11.3. The second kappa shape index (κ2) is 6.58. The van der Waals surface area contributed by atoms with E-state index in [0.717, 1.165) is 17.0 Å². The molecule has 1 atom stereocenters. The summed E-state index contributed by atoms with van der Waals surface area (Å²) in [5, 5.41) is 0. The third-order valence-corrected chi connectivity index (χ3v) is 6.17. The van der Waals surface area contributed by atoms with Gasteiger partial charge in [0.05, 0.1) is 12.6 Å². The number of rotatable bonds is 5. The van der Waals surface area contributed by atoms with Crippen LogP contribution in [-0.2, 0) is 16.8 Å². The fourth-order valence-electron chi connectivity index (χ4n) is 3.07. The lowest BCUT2D eigenvalue weighted by molar-refractivity contribution is 0.281. The van der Waals surface area contributed by atoms with Crippen LogP contribution in [0, 0.1) is 0 Å². The average Bonchev–Trinajstić information content (AvgIpc) is 3.03. The molecular weight excluding hydrogens is 326 g/mol. The quantitative estimate of drug-likeness (QED) is 0.831. The van der Waals surface area contributed by atoms with Gasteiger partial charge in [0, 0.05) is 39.1 Å². The maximum Gasteiger partial charge on any atom is 0.282 e. The molecule has 2 aromatic rings. The van der Waals surface area contributed by atoms with E-state index in [4.69, 9.17) is 4.74 Å². The number of benzene rings is 1. The van der Waals surface area contributed by atoms with Gasteiger partial charge in [-0.05, 0) is 36.8 Å².